The molecule has 1 fully saturated rings. The van der Waals surface area contributed by atoms with Crippen LogP contribution in [0.15, 0.2) is 12.1 Å². The Hall–Kier alpha value is -1.93. The summed E-state index contributed by atoms with van der Waals surface area (Å²) in [6.07, 6.45) is 0. The van der Waals surface area contributed by atoms with Crippen LogP contribution in [-0.4, -0.2) is 49.5 Å². The van der Waals surface area contributed by atoms with Gasteiger partial charge in [0, 0.05) is 5.92 Å². The molecule has 2 heterocycles. The van der Waals surface area contributed by atoms with Crippen molar-refractivity contribution in [1.82, 2.24) is 0 Å². The van der Waals surface area contributed by atoms with Gasteiger partial charge in [-0.05, 0) is 12.1 Å². The van der Waals surface area contributed by atoms with Crippen LogP contribution >= 0.6 is 0 Å². The lowest BCUT2D eigenvalue weighted by atomic mass is 9.91. The largest absolute Gasteiger partial charge is 0.563 e. The van der Waals surface area contributed by atoms with E-state index in [1.807, 2.05) is 0 Å². The number of fused-ring (bicyclic) bond motifs is 1. The Labute approximate surface area is 115 Å². The molecule has 2 aliphatic heterocycles. The minimum atomic E-state index is -1.19. The molecule has 20 heavy (non-hydrogen) atoms. The number of hydrogen-bond acceptors (Lipinski definition) is 6. The molecule has 1 aromatic carbocycles. The SMILES string of the molecule is O=C(O)c1c(OCC2COC2)ccc2c1OB(O)CO2. The van der Waals surface area contributed by atoms with Crippen molar-refractivity contribution in [3.8, 4) is 17.2 Å². The first-order chi connectivity index (χ1) is 9.65. The molecule has 0 bridgehead atoms. The smallest absolute Gasteiger partial charge is 0.531 e. The molecule has 2 aliphatic rings. The first-order valence-corrected chi connectivity index (χ1v) is 6.23. The third-order valence-corrected chi connectivity index (χ3v) is 3.11. The van der Waals surface area contributed by atoms with E-state index >= 15 is 0 Å². The van der Waals surface area contributed by atoms with Crippen LogP contribution in [0.1, 0.15) is 10.4 Å². The van der Waals surface area contributed by atoms with Crippen molar-refractivity contribution >= 4 is 13.1 Å². The summed E-state index contributed by atoms with van der Waals surface area (Å²) in [6, 6.07) is 3.10. The maximum atomic E-state index is 11.4. The van der Waals surface area contributed by atoms with Crippen LogP contribution in [0.5, 0.6) is 17.2 Å². The van der Waals surface area contributed by atoms with Crippen molar-refractivity contribution in [2.75, 3.05) is 26.3 Å². The van der Waals surface area contributed by atoms with Gasteiger partial charge in [-0.3, -0.25) is 0 Å². The molecular formula is C12H13BO7. The van der Waals surface area contributed by atoms with Crippen molar-refractivity contribution in [2.45, 2.75) is 0 Å². The van der Waals surface area contributed by atoms with E-state index in [-0.39, 0.29) is 35.2 Å². The lowest BCUT2D eigenvalue weighted by molar-refractivity contribution is -0.0509. The fraction of sp³-hybridized carbons (Fsp3) is 0.417. The average molecular weight is 280 g/mol. The van der Waals surface area contributed by atoms with Crippen molar-refractivity contribution in [1.29, 1.82) is 0 Å². The lowest BCUT2D eigenvalue weighted by Gasteiger charge is -2.27. The molecule has 0 atom stereocenters. The average Bonchev–Trinajstić information content (AvgIpc) is 2.35. The van der Waals surface area contributed by atoms with E-state index in [1.165, 1.54) is 6.07 Å². The van der Waals surface area contributed by atoms with Gasteiger partial charge in [-0.25, -0.2) is 4.79 Å². The number of ether oxygens (including phenoxy) is 3. The molecule has 0 aliphatic carbocycles. The van der Waals surface area contributed by atoms with Gasteiger partial charge in [0.15, 0.2) is 11.5 Å². The number of carboxylic acid groups (broad SMARTS) is 1. The van der Waals surface area contributed by atoms with E-state index in [4.69, 9.17) is 18.9 Å². The van der Waals surface area contributed by atoms with E-state index in [0.717, 1.165) is 0 Å². The lowest BCUT2D eigenvalue weighted by Crippen LogP contribution is -2.35. The maximum absolute atomic E-state index is 11.4. The van der Waals surface area contributed by atoms with E-state index in [0.29, 0.717) is 19.8 Å². The second kappa shape index (κ2) is 5.22. The van der Waals surface area contributed by atoms with E-state index in [2.05, 4.69) is 0 Å². The van der Waals surface area contributed by atoms with Gasteiger partial charge in [0.25, 0.3) is 0 Å². The molecule has 3 rings (SSSR count). The van der Waals surface area contributed by atoms with Crippen LogP contribution in [0.4, 0.5) is 0 Å². The molecule has 0 radical (unpaired) electrons. The van der Waals surface area contributed by atoms with Crippen molar-refractivity contribution in [3.05, 3.63) is 17.7 Å². The zero-order valence-corrected chi connectivity index (χ0v) is 10.6. The topological polar surface area (TPSA) is 94.5 Å². The first kappa shape index (κ1) is 13.1. The zero-order chi connectivity index (χ0) is 14.1. The van der Waals surface area contributed by atoms with Gasteiger partial charge >= 0.3 is 13.1 Å². The highest BCUT2D eigenvalue weighted by Gasteiger charge is 2.32. The molecule has 7 nitrogen and oxygen atoms in total. The Morgan fingerprint density at radius 1 is 1.45 bits per heavy atom. The van der Waals surface area contributed by atoms with Gasteiger partial charge < -0.3 is 29.0 Å². The quantitative estimate of drug-likeness (QED) is 0.761. The molecule has 0 spiro atoms. The first-order valence-electron chi connectivity index (χ1n) is 6.23. The van der Waals surface area contributed by atoms with Crippen LogP contribution in [0.2, 0.25) is 0 Å². The van der Waals surface area contributed by atoms with Crippen LogP contribution in [0, 0.1) is 5.92 Å². The van der Waals surface area contributed by atoms with E-state index < -0.39 is 13.1 Å². The molecular weight excluding hydrogens is 267 g/mol. The summed E-state index contributed by atoms with van der Waals surface area (Å²) in [5.41, 5.74) is -0.138. The van der Waals surface area contributed by atoms with Crippen molar-refractivity contribution in [2.24, 2.45) is 5.92 Å². The van der Waals surface area contributed by atoms with Gasteiger partial charge in [-0.1, -0.05) is 0 Å². The molecule has 8 heteroatoms. The van der Waals surface area contributed by atoms with Crippen LogP contribution in [0.3, 0.4) is 0 Å². The molecule has 0 aromatic heterocycles. The molecule has 1 aromatic rings. The predicted octanol–water partition coefficient (Wildman–Crippen LogP) is 0.201. The van der Waals surface area contributed by atoms with Gasteiger partial charge in [-0.15, -0.1) is 0 Å². The summed E-state index contributed by atoms with van der Waals surface area (Å²) < 4.78 is 20.9. The summed E-state index contributed by atoms with van der Waals surface area (Å²) >= 11 is 0. The Morgan fingerprint density at radius 3 is 2.90 bits per heavy atom. The second-order valence-corrected chi connectivity index (χ2v) is 4.67. The molecule has 106 valence electrons. The minimum absolute atomic E-state index is 0.00129. The number of aromatic carboxylic acids is 1. The molecule has 0 amide bonds. The Balaban J connectivity index is 1.88. The standard InChI is InChI=1S/C12H13BO7/c14-12(15)10-8(18-5-7-3-17-4-7)1-2-9-11(10)20-13(16)6-19-9/h1-2,7,16H,3-6H2,(H,14,15). The Kier molecular flexibility index (Phi) is 3.41. The Morgan fingerprint density at radius 2 is 2.25 bits per heavy atom. The van der Waals surface area contributed by atoms with Crippen LogP contribution < -0.4 is 14.1 Å². The normalized spacial score (nSPS) is 17.6. The predicted molar refractivity (Wildman–Crippen MR) is 67.3 cm³/mol. The van der Waals surface area contributed by atoms with Crippen molar-refractivity contribution in [3.63, 3.8) is 0 Å². The summed E-state index contributed by atoms with van der Waals surface area (Å²) in [5, 5.41) is 18.7. The third kappa shape index (κ3) is 2.39. The van der Waals surface area contributed by atoms with Gasteiger partial charge in [0.1, 0.15) is 17.8 Å². The fourth-order valence-electron chi connectivity index (χ4n) is 2.02. The third-order valence-electron chi connectivity index (χ3n) is 3.11. The van der Waals surface area contributed by atoms with Crippen molar-refractivity contribution < 1.29 is 33.8 Å². The highest BCUT2D eigenvalue weighted by molar-refractivity contribution is 6.44. The van der Waals surface area contributed by atoms with Crippen LogP contribution in [0.25, 0.3) is 0 Å². The molecule has 0 saturated carbocycles. The summed E-state index contributed by atoms with van der Waals surface area (Å²) in [4.78, 5) is 11.4. The summed E-state index contributed by atoms with van der Waals surface area (Å²) in [5.74, 6) is -0.443. The fourth-order valence-corrected chi connectivity index (χ4v) is 2.02. The van der Waals surface area contributed by atoms with E-state index in [9.17, 15) is 14.9 Å². The number of carboxylic acids is 1. The summed E-state index contributed by atoms with van der Waals surface area (Å²) in [7, 11) is -1.18. The molecule has 0 unspecified atom stereocenters. The second-order valence-electron chi connectivity index (χ2n) is 4.67. The molecule has 1 saturated heterocycles. The molecule has 2 N–H and O–H groups in total. The number of benzene rings is 1. The Bertz CT molecular complexity index is 529. The zero-order valence-electron chi connectivity index (χ0n) is 10.6. The van der Waals surface area contributed by atoms with E-state index in [1.54, 1.807) is 6.07 Å². The van der Waals surface area contributed by atoms with Crippen LogP contribution in [-0.2, 0) is 4.74 Å². The van der Waals surface area contributed by atoms with Gasteiger partial charge in [0.05, 0.1) is 19.8 Å². The number of carbonyl (C=O) groups is 1. The van der Waals surface area contributed by atoms with Gasteiger partial charge in [-0.2, -0.15) is 0 Å². The highest BCUT2D eigenvalue weighted by Crippen LogP contribution is 2.40. The number of rotatable bonds is 4. The summed E-state index contributed by atoms with van der Waals surface area (Å²) in [6.45, 7) is 1.57. The highest BCUT2D eigenvalue weighted by atomic mass is 16.6. The van der Waals surface area contributed by atoms with Gasteiger partial charge in [0.2, 0.25) is 0 Å². The monoisotopic (exact) mass is 280 g/mol. The maximum Gasteiger partial charge on any atom is 0.563 e. The minimum Gasteiger partial charge on any atom is -0.531 e. The number of hydrogen-bond donors (Lipinski definition) is 2.